The minimum atomic E-state index is -0.190. The van der Waals surface area contributed by atoms with Gasteiger partial charge in [-0.3, -0.25) is 4.79 Å². The number of esters is 1. The second kappa shape index (κ2) is 11.3. The van der Waals surface area contributed by atoms with Crippen LogP contribution in [0.25, 0.3) is 0 Å². The fourth-order valence-corrected chi connectivity index (χ4v) is 3.43. The van der Waals surface area contributed by atoms with Gasteiger partial charge in [-0.1, -0.05) is 34.6 Å². The maximum atomic E-state index is 11.8. The van der Waals surface area contributed by atoms with Crippen molar-refractivity contribution in [2.24, 2.45) is 0 Å². The van der Waals surface area contributed by atoms with E-state index in [-0.39, 0.29) is 11.9 Å². The minimum Gasteiger partial charge on any atom is -0.488 e. The van der Waals surface area contributed by atoms with E-state index in [0.29, 0.717) is 31.1 Å². The molecule has 1 aromatic rings. The van der Waals surface area contributed by atoms with Gasteiger partial charge in [-0.15, -0.1) is 0 Å². The van der Waals surface area contributed by atoms with E-state index in [1.54, 1.807) is 0 Å². The quantitative estimate of drug-likeness (QED) is 0.401. The molecule has 1 aromatic carbocycles. The largest absolute Gasteiger partial charge is 0.488 e. The molecular formula is C22H36N2O4. The smallest absolute Gasteiger partial charge is 0.311 e. The first kappa shape index (κ1) is 22.5. The van der Waals surface area contributed by atoms with Crippen molar-refractivity contribution in [2.45, 2.75) is 47.0 Å². The van der Waals surface area contributed by atoms with Crippen LogP contribution in [0.3, 0.4) is 0 Å². The highest BCUT2D eigenvalue weighted by Gasteiger charge is 2.26. The lowest BCUT2D eigenvalue weighted by Gasteiger charge is -2.25. The SMILES string of the molecule is CCN(CC)CCOc1cc2c(cc1OCCN(CC)CC)C(C)CC(=O)O2. The van der Waals surface area contributed by atoms with Crippen LogP contribution in [0.15, 0.2) is 12.1 Å². The van der Waals surface area contributed by atoms with Gasteiger partial charge >= 0.3 is 5.97 Å². The first-order valence-electron chi connectivity index (χ1n) is 10.6. The van der Waals surface area contributed by atoms with E-state index in [0.717, 1.165) is 50.6 Å². The predicted octanol–water partition coefficient (Wildman–Crippen LogP) is 3.54. The van der Waals surface area contributed by atoms with Crippen LogP contribution in [0.1, 0.15) is 52.5 Å². The second-order valence-corrected chi connectivity index (χ2v) is 7.17. The summed E-state index contributed by atoms with van der Waals surface area (Å²) in [5.41, 5.74) is 1.01. The topological polar surface area (TPSA) is 51.2 Å². The van der Waals surface area contributed by atoms with E-state index < -0.39 is 0 Å². The molecule has 6 nitrogen and oxygen atoms in total. The Morgan fingerprint density at radius 3 is 1.93 bits per heavy atom. The number of fused-ring (bicyclic) bond motifs is 1. The van der Waals surface area contributed by atoms with Crippen molar-refractivity contribution in [2.75, 3.05) is 52.5 Å². The number of hydrogen-bond donors (Lipinski definition) is 0. The van der Waals surface area contributed by atoms with E-state index in [1.165, 1.54) is 0 Å². The van der Waals surface area contributed by atoms with Crippen LogP contribution in [-0.4, -0.2) is 68.3 Å². The summed E-state index contributed by atoms with van der Waals surface area (Å²) in [7, 11) is 0. The van der Waals surface area contributed by atoms with Gasteiger partial charge in [0.1, 0.15) is 19.0 Å². The molecule has 0 saturated carbocycles. The van der Waals surface area contributed by atoms with Crippen molar-refractivity contribution in [3.8, 4) is 17.2 Å². The average Bonchev–Trinajstić information content (AvgIpc) is 2.69. The maximum absolute atomic E-state index is 11.8. The third-order valence-electron chi connectivity index (χ3n) is 5.42. The zero-order valence-electron chi connectivity index (χ0n) is 18.1. The van der Waals surface area contributed by atoms with Crippen molar-refractivity contribution in [3.05, 3.63) is 17.7 Å². The van der Waals surface area contributed by atoms with Crippen LogP contribution in [0.5, 0.6) is 17.2 Å². The molecule has 158 valence electrons. The Morgan fingerprint density at radius 2 is 1.43 bits per heavy atom. The van der Waals surface area contributed by atoms with E-state index in [4.69, 9.17) is 14.2 Å². The monoisotopic (exact) mass is 392 g/mol. The number of nitrogens with zero attached hydrogens (tertiary/aromatic N) is 2. The first-order valence-corrected chi connectivity index (χ1v) is 10.6. The second-order valence-electron chi connectivity index (χ2n) is 7.17. The number of carbonyl (C=O) groups excluding carboxylic acids is 1. The number of likely N-dealkylation sites (N-methyl/N-ethyl adjacent to an activating group) is 2. The standard InChI is InChI=1S/C22H36N2O4/c1-6-23(7-2)10-12-26-20-15-18-17(5)14-22(25)28-19(18)16-21(20)27-13-11-24(8-3)9-4/h15-17H,6-14H2,1-5H3. The average molecular weight is 393 g/mol. The lowest BCUT2D eigenvalue weighted by atomic mass is 9.94. The lowest BCUT2D eigenvalue weighted by Crippen LogP contribution is -2.28. The number of rotatable bonds is 12. The summed E-state index contributed by atoms with van der Waals surface area (Å²) in [6.45, 7) is 17.5. The molecule has 6 heteroatoms. The highest BCUT2D eigenvalue weighted by Crippen LogP contribution is 2.42. The van der Waals surface area contributed by atoms with Crippen LogP contribution in [0, 0.1) is 0 Å². The highest BCUT2D eigenvalue weighted by molar-refractivity contribution is 5.77. The Labute approximate surface area is 169 Å². The van der Waals surface area contributed by atoms with Gasteiger partial charge in [0.2, 0.25) is 0 Å². The molecular weight excluding hydrogens is 356 g/mol. The van der Waals surface area contributed by atoms with E-state index >= 15 is 0 Å². The molecule has 2 rings (SSSR count). The Kier molecular flexibility index (Phi) is 9.06. The third-order valence-corrected chi connectivity index (χ3v) is 5.42. The van der Waals surface area contributed by atoms with Crippen molar-refractivity contribution in [3.63, 3.8) is 0 Å². The number of benzene rings is 1. The molecule has 0 amide bonds. The molecule has 1 atom stereocenters. The molecule has 0 bridgehead atoms. The molecule has 0 N–H and O–H groups in total. The first-order chi connectivity index (χ1) is 13.5. The van der Waals surface area contributed by atoms with Gasteiger partial charge in [0.15, 0.2) is 11.5 Å². The highest BCUT2D eigenvalue weighted by atomic mass is 16.5. The molecule has 1 aliphatic rings. The molecule has 0 radical (unpaired) electrons. The lowest BCUT2D eigenvalue weighted by molar-refractivity contribution is -0.135. The molecule has 1 unspecified atom stereocenters. The van der Waals surface area contributed by atoms with Gasteiger partial charge < -0.3 is 24.0 Å². The maximum Gasteiger partial charge on any atom is 0.311 e. The summed E-state index contributed by atoms with van der Waals surface area (Å²) >= 11 is 0. The zero-order valence-corrected chi connectivity index (χ0v) is 18.1. The summed E-state index contributed by atoms with van der Waals surface area (Å²) in [5, 5.41) is 0. The van der Waals surface area contributed by atoms with Gasteiger partial charge in [0, 0.05) is 24.7 Å². The Hall–Kier alpha value is -1.79. The van der Waals surface area contributed by atoms with Gasteiger partial charge in [-0.2, -0.15) is 0 Å². The van der Waals surface area contributed by atoms with E-state index in [2.05, 4.69) is 37.5 Å². The summed E-state index contributed by atoms with van der Waals surface area (Å²) in [4.78, 5) is 16.5. The Morgan fingerprint density at radius 1 is 0.929 bits per heavy atom. The number of ether oxygens (including phenoxy) is 3. The van der Waals surface area contributed by atoms with Gasteiger partial charge in [0.25, 0.3) is 0 Å². The molecule has 28 heavy (non-hydrogen) atoms. The summed E-state index contributed by atoms with van der Waals surface area (Å²) in [6, 6.07) is 3.80. The summed E-state index contributed by atoms with van der Waals surface area (Å²) < 4.78 is 17.6. The normalized spacial score (nSPS) is 16.2. The molecule has 1 aliphatic heterocycles. The molecule has 0 aromatic heterocycles. The van der Waals surface area contributed by atoms with Crippen molar-refractivity contribution < 1.29 is 19.0 Å². The van der Waals surface area contributed by atoms with Crippen molar-refractivity contribution in [1.82, 2.24) is 9.80 Å². The fraction of sp³-hybridized carbons (Fsp3) is 0.682. The Balaban J connectivity index is 2.14. The van der Waals surface area contributed by atoms with Gasteiger partial charge in [0.05, 0.1) is 6.42 Å². The van der Waals surface area contributed by atoms with Crippen LogP contribution in [-0.2, 0) is 4.79 Å². The molecule has 0 spiro atoms. The summed E-state index contributed by atoms with van der Waals surface area (Å²) in [6.07, 6.45) is 0.397. The fourth-order valence-electron chi connectivity index (χ4n) is 3.43. The zero-order chi connectivity index (χ0) is 20.5. The van der Waals surface area contributed by atoms with E-state index in [9.17, 15) is 4.79 Å². The van der Waals surface area contributed by atoms with E-state index in [1.807, 2.05) is 19.1 Å². The summed E-state index contributed by atoms with van der Waals surface area (Å²) in [5.74, 6) is 1.90. The Bertz CT molecular complexity index is 627. The molecule has 0 saturated heterocycles. The van der Waals surface area contributed by atoms with Crippen LogP contribution in [0.2, 0.25) is 0 Å². The van der Waals surface area contributed by atoms with Crippen LogP contribution >= 0.6 is 0 Å². The molecule has 1 heterocycles. The number of carbonyl (C=O) groups is 1. The number of hydrogen-bond acceptors (Lipinski definition) is 6. The predicted molar refractivity (Wildman–Crippen MR) is 112 cm³/mol. The molecule has 0 aliphatic carbocycles. The third kappa shape index (κ3) is 6.11. The van der Waals surface area contributed by atoms with Crippen LogP contribution in [0.4, 0.5) is 0 Å². The minimum absolute atomic E-state index is 0.117. The van der Waals surface area contributed by atoms with Gasteiger partial charge in [-0.05, 0) is 38.2 Å². The van der Waals surface area contributed by atoms with Crippen molar-refractivity contribution >= 4 is 5.97 Å². The molecule has 0 fully saturated rings. The van der Waals surface area contributed by atoms with Crippen molar-refractivity contribution in [1.29, 1.82) is 0 Å². The van der Waals surface area contributed by atoms with Crippen LogP contribution < -0.4 is 14.2 Å². The van der Waals surface area contributed by atoms with Gasteiger partial charge in [-0.25, -0.2) is 0 Å².